The van der Waals surface area contributed by atoms with Gasteiger partial charge in [0.15, 0.2) is 17.3 Å². The molecule has 1 aliphatic rings. The van der Waals surface area contributed by atoms with Crippen molar-refractivity contribution < 1.29 is 32.2 Å². The molecule has 0 aliphatic carbocycles. The lowest BCUT2D eigenvalue weighted by molar-refractivity contribution is -0.138. The number of halogens is 3. The van der Waals surface area contributed by atoms with Gasteiger partial charge in [0.2, 0.25) is 11.7 Å². The van der Waals surface area contributed by atoms with Crippen molar-refractivity contribution in [1.29, 1.82) is 0 Å². The molecule has 0 saturated carbocycles. The Kier molecular flexibility index (Phi) is 6.64. The van der Waals surface area contributed by atoms with Crippen LogP contribution in [0, 0.1) is 0 Å². The maximum atomic E-state index is 13.8. The van der Waals surface area contributed by atoms with E-state index in [1.54, 1.807) is 12.1 Å². The largest absolute Gasteiger partial charge is 0.493 e. The molecule has 1 aromatic heterocycles. The highest BCUT2D eigenvalue weighted by Crippen LogP contribution is 2.43. The molecule has 2 aromatic carbocycles. The summed E-state index contributed by atoms with van der Waals surface area (Å²) < 4.78 is 57.5. The molecule has 1 atom stereocenters. The van der Waals surface area contributed by atoms with E-state index in [9.17, 15) is 13.2 Å². The van der Waals surface area contributed by atoms with Crippen LogP contribution in [-0.4, -0.2) is 37.9 Å². The zero-order chi connectivity index (χ0) is 24.3. The second-order valence-electron chi connectivity index (χ2n) is 7.34. The van der Waals surface area contributed by atoms with Gasteiger partial charge < -0.3 is 19.5 Å². The number of nitrogens with zero attached hydrogens (tertiary/aromatic N) is 3. The number of hydrogen-bond acceptors (Lipinski definition) is 8. The molecule has 0 bridgehead atoms. The van der Waals surface area contributed by atoms with Crippen molar-refractivity contribution in [2.75, 3.05) is 38.3 Å². The lowest BCUT2D eigenvalue weighted by Gasteiger charge is -2.26. The van der Waals surface area contributed by atoms with Crippen LogP contribution in [0.3, 0.4) is 0 Å². The Hall–Kier alpha value is -3.73. The summed E-state index contributed by atoms with van der Waals surface area (Å²) >= 11 is 0. The number of hydrogen-bond donors (Lipinski definition) is 1. The van der Waals surface area contributed by atoms with Crippen molar-refractivity contribution in [2.45, 2.75) is 18.6 Å². The predicted octanol–water partition coefficient (Wildman–Crippen LogP) is 5.15. The van der Waals surface area contributed by atoms with Crippen LogP contribution in [-0.2, 0) is 11.0 Å². The van der Waals surface area contributed by atoms with Crippen molar-refractivity contribution in [3.63, 3.8) is 0 Å². The SMILES string of the molecule is COc1cc(Nc2ncc(C(F)(F)F)c(N3OCCC3c3ccccc3)n2)cc(OC)c1OC. The first-order chi connectivity index (χ1) is 16.4. The Bertz CT molecular complexity index is 1120. The number of ether oxygens (including phenoxy) is 3. The van der Waals surface area contributed by atoms with Gasteiger partial charge in [-0.3, -0.25) is 4.84 Å². The third-order valence-corrected chi connectivity index (χ3v) is 5.29. The summed E-state index contributed by atoms with van der Waals surface area (Å²) in [6, 6.07) is 12.0. The molecule has 3 aromatic rings. The van der Waals surface area contributed by atoms with Crippen molar-refractivity contribution in [1.82, 2.24) is 9.97 Å². The number of anilines is 3. The Morgan fingerprint density at radius 2 is 1.71 bits per heavy atom. The first-order valence-corrected chi connectivity index (χ1v) is 10.3. The smallest absolute Gasteiger partial charge is 0.421 e. The van der Waals surface area contributed by atoms with E-state index < -0.39 is 17.8 Å². The van der Waals surface area contributed by atoms with Crippen molar-refractivity contribution in [2.24, 2.45) is 0 Å². The summed E-state index contributed by atoms with van der Waals surface area (Å²) in [4.78, 5) is 13.7. The molecular weight excluding hydrogens is 453 g/mol. The Morgan fingerprint density at radius 3 is 2.29 bits per heavy atom. The topological polar surface area (TPSA) is 78.0 Å². The Morgan fingerprint density at radius 1 is 1.03 bits per heavy atom. The van der Waals surface area contributed by atoms with Crippen LogP contribution in [0.2, 0.25) is 0 Å². The fraction of sp³-hybridized carbons (Fsp3) is 0.304. The molecule has 0 spiro atoms. The lowest BCUT2D eigenvalue weighted by atomic mass is 10.0. The summed E-state index contributed by atoms with van der Waals surface area (Å²) in [6.07, 6.45) is -3.42. The van der Waals surface area contributed by atoms with E-state index in [-0.39, 0.29) is 18.4 Å². The van der Waals surface area contributed by atoms with Crippen LogP contribution < -0.4 is 24.6 Å². The minimum Gasteiger partial charge on any atom is -0.493 e. The number of nitrogens with one attached hydrogen (secondary N) is 1. The van der Waals surface area contributed by atoms with Gasteiger partial charge in [-0.2, -0.15) is 18.2 Å². The number of aromatic nitrogens is 2. The van der Waals surface area contributed by atoms with Gasteiger partial charge >= 0.3 is 6.18 Å². The van der Waals surface area contributed by atoms with Gasteiger partial charge in [0.1, 0.15) is 5.56 Å². The van der Waals surface area contributed by atoms with Crippen LogP contribution in [0.25, 0.3) is 0 Å². The average molecular weight is 476 g/mol. The van der Waals surface area contributed by atoms with Gasteiger partial charge in [-0.05, 0) is 5.56 Å². The molecule has 1 unspecified atom stereocenters. The van der Waals surface area contributed by atoms with Gasteiger partial charge in [-0.15, -0.1) is 0 Å². The van der Waals surface area contributed by atoms with E-state index >= 15 is 0 Å². The van der Waals surface area contributed by atoms with Crippen LogP contribution >= 0.6 is 0 Å². The van der Waals surface area contributed by atoms with Crippen LogP contribution in [0.1, 0.15) is 23.6 Å². The van der Waals surface area contributed by atoms with Crippen LogP contribution in [0.15, 0.2) is 48.7 Å². The molecule has 2 heterocycles. The predicted molar refractivity (Wildman–Crippen MR) is 119 cm³/mol. The molecule has 0 amide bonds. The van der Waals surface area contributed by atoms with Gasteiger partial charge in [0, 0.05) is 30.4 Å². The quantitative estimate of drug-likeness (QED) is 0.502. The van der Waals surface area contributed by atoms with E-state index in [0.717, 1.165) is 11.8 Å². The third-order valence-electron chi connectivity index (χ3n) is 5.29. The monoisotopic (exact) mass is 476 g/mol. The molecule has 1 N–H and O–H groups in total. The molecular formula is C23H23F3N4O4. The first-order valence-electron chi connectivity index (χ1n) is 10.3. The molecule has 180 valence electrons. The number of alkyl halides is 3. The fourth-order valence-corrected chi connectivity index (χ4v) is 3.74. The van der Waals surface area contributed by atoms with E-state index in [1.807, 2.05) is 30.3 Å². The Balaban J connectivity index is 1.74. The fourth-order valence-electron chi connectivity index (χ4n) is 3.74. The molecule has 0 radical (unpaired) electrons. The highest BCUT2D eigenvalue weighted by atomic mass is 19.4. The highest BCUT2D eigenvalue weighted by Gasteiger charge is 2.40. The van der Waals surface area contributed by atoms with Gasteiger partial charge in [0.25, 0.3) is 0 Å². The Labute approximate surface area is 194 Å². The molecule has 11 heteroatoms. The minimum absolute atomic E-state index is 0.0559. The molecule has 4 rings (SSSR count). The maximum absolute atomic E-state index is 13.8. The summed E-state index contributed by atoms with van der Waals surface area (Å²) in [5.41, 5.74) is 0.263. The number of hydroxylamine groups is 1. The van der Waals surface area contributed by atoms with E-state index in [2.05, 4.69) is 15.3 Å². The van der Waals surface area contributed by atoms with E-state index in [0.29, 0.717) is 29.4 Å². The van der Waals surface area contributed by atoms with Gasteiger partial charge in [-0.1, -0.05) is 30.3 Å². The number of rotatable bonds is 7. The highest BCUT2D eigenvalue weighted by molar-refractivity contribution is 5.66. The summed E-state index contributed by atoms with van der Waals surface area (Å²) in [5.74, 6) is 0.677. The summed E-state index contributed by atoms with van der Waals surface area (Å²) in [6.45, 7) is 0.260. The third kappa shape index (κ3) is 4.65. The van der Waals surface area contributed by atoms with E-state index in [1.165, 1.54) is 26.4 Å². The van der Waals surface area contributed by atoms with Gasteiger partial charge in [0.05, 0.1) is 34.0 Å². The molecule has 1 fully saturated rings. The second kappa shape index (κ2) is 9.64. The van der Waals surface area contributed by atoms with Crippen molar-refractivity contribution in [3.8, 4) is 17.2 Å². The maximum Gasteiger partial charge on any atom is 0.421 e. The minimum atomic E-state index is -4.67. The normalized spacial score (nSPS) is 15.8. The lowest BCUT2D eigenvalue weighted by Crippen LogP contribution is -2.26. The molecule has 34 heavy (non-hydrogen) atoms. The summed E-state index contributed by atoms with van der Waals surface area (Å²) in [5, 5.41) is 4.12. The summed E-state index contributed by atoms with van der Waals surface area (Å²) in [7, 11) is 4.39. The van der Waals surface area contributed by atoms with Gasteiger partial charge in [-0.25, -0.2) is 10.0 Å². The number of methoxy groups -OCH3 is 3. The standard InChI is InChI=1S/C23H23F3N4O4/c1-31-18-11-15(12-19(32-2)20(18)33-3)28-22-27-13-16(23(24,25)26)21(29-22)30-17(9-10-34-30)14-7-5-4-6-8-14/h4-8,11-13,17H,9-10H2,1-3H3,(H,27,28,29). The van der Waals surface area contributed by atoms with Crippen molar-refractivity contribution >= 4 is 17.5 Å². The first kappa shape index (κ1) is 23.4. The zero-order valence-electron chi connectivity index (χ0n) is 18.7. The molecule has 1 saturated heterocycles. The zero-order valence-corrected chi connectivity index (χ0v) is 18.7. The molecule has 1 aliphatic heterocycles. The number of benzene rings is 2. The van der Waals surface area contributed by atoms with Crippen molar-refractivity contribution in [3.05, 3.63) is 59.8 Å². The van der Waals surface area contributed by atoms with E-state index in [4.69, 9.17) is 19.0 Å². The molecule has 8 nitrogen and oxygen atoms in total. The van der Waals surface area contributed by atoms with Crippen LogP contribution in [0.4, 0.5) is 30.6 Å². The second-order valence-corrected chi connectivity index (χ2v) is 7.34. The van der Waals surface area contributed by atoms with Crippen LogP contribution in [0.5, 0.6) is 17.2 Å². The average Bonchev–Trinajstić information content (AvgIpc) is 3.33.